The Labute approximate surface area is 91.0 Å². The van der Waals surface area contributed by atoms with Crippen LogP contribution in [0.3, 0.4) is 0 Å². The van der Waals surface area contributed by atoms with Crippen molar-refractivity contribution >= 4 is 12.7 Å². The number of pyridine rings is 1. The number of hydrogen-bond acceptors (Lipinski definition) is 5. The zero-order valence-corrected chi connectivity index (χ0v) is 8.19. The summed E-state index contributed by atoms with van der Waals surface area (Å²) in [6, 6.07) is 4.71. The van der Waals surface area contributed by atoms with Gasteiger partial charge in [0.1, 0.15) is 0 Å². The summed E-state index contributed by atoms with van der Waals surface area (Å²) in [5.74, 6) is 0.329. The van der Waals surface area contributed by atoms with Gasteiger partial charge in [-0.1, -0.05) is 6.07 Å². The van der Waals surface area contributed by atoms with Crippen LogP contribution >= 0.6 is 0 Å². The second-order valence-electron chi connectivity index (χ2n) is 3.08. The molecule has 16 heavy (non-hydrogen) atoms. The molecule has 0 saturated carbocycles. The van der Waals surface area contributed by atoms with Crippen molar-refractivity contribution in [1.82, 2.24) is 14.5 Å². The average molecular weight is 217 g/mol. The van der Waals surface area contributed by atoms with Gasteiger partial charge in [-0.05, 0) is 6.07 Å². The molecule has 0 saturated heterocycles. The van der Waals surface area contributed by atoms with Gasteiger partial charge in [-0.2, -0.15) is 0 Å². The first-order valence-electron chi connectivity index (χ1n) is 4.54. The van der Waals surface area contributed by atoms with Crippen LogP contribution in [0, 0.1) is 0 Å². The Morgan fingerprint density at radius 2 is 2.00 bits per heavy atom. The Balaban J connectivity index is 2.43. The molecule has 0 radical (unpaired) electrons. The van der Waals surface area contributed by atoms with Crippen LogP contribution in [-0.4, -0.2) is 31.7 Å². The van der Waals surface area contributed by atoms with Gasteiger partial charge >= 0.3 is 7.12 Å². The van der Waals surface area contributed by atoms with Crippen molar-refractivity contribution in [2.45, 2.75) is 0 Å². The molecule has 0 fully saturated rings. The molecule has 0 aliphatic rings. The highest BCUT2D eigenvalue weighted by Gasteiger charge is 2.13. The molecule has 0 aliphatic heterocycles. The van der Waals surface area contributed by atoms with Crippen LogP contribution in [0.5, 0.6) is 0 Å². The fraction of sp³-hybridized carbons (Fsp3) is 0. The largest absolute Gasteiger partial charge is 0.509 e. The second kappa shape index (κ2) is 4.25. The zero-order valence-electron chi connectivity index (χ0n) is 8.19. The predicted molar refractivity (Wildman–Crippen MR) is 57.5 cm³/mol. The van der Waals surface area contributed by atoms with E-state index in [9.17, 15) is 4.79 Å². The Hall–Kier alpha value is -1.99. The summed E-state index contributed by atoms with van der Waals surface area (Å²) in [5, 5.41) is 17.6. The Morgan fingerprint density at radius 1 is 1.19 bits per heavy atom. The molecule has 0 atom stereocenters. The summed E-state index contributed by atoms with van der Waals surface area (Å²) in [7, 11) is -1.66. The van der Waals surface area contributed by atoms with E-state index in [4.69, 9.17) is 10.0 Å². The van der Waals surface area contributed by atoms with Crippen LogP contribution in [-0.2, 0) is 0 Å². The van der Waals surface area contributed by atoms with Gasteiger partial charge in [0.15, 0.2) is 5.82 Å². The first kappa shape index (κ1) is 10.5. The van der Waals surface area contributed by atoms with Crippen molar-refractivity contribution in [2.24, 2.45) is 0 Å². The maximum atomic E-state index is 11.4. The van der Waals surface area contributed by atoms with E-state index < -0.39 is 7.12 Å². The quantitative estimate of drug-likeness (QED) is 0.585. The van der Waals surface area contributed by atoms with Gasteiger partial charge in [0, 0.05) is 18.5 Å². The fourth-order valence-corrected chi connectivity index (χ4v) is 1.21. The average Bonchev–Trinajstić information content (AvgIpc) is 2.30. The molecule has 2 rings (SSSR count). The minimum Gasteiger partial charge on any atom is -0.422 e. The monoisotopic (exact) mass is 217 g/mol. The van der Waals surface area contributed by atoms with Crippen LogP contribution in [0.4, 0.5) is 0 Å². The molecule has 0 bridgehead atoms. The molecular weight excluding hydrogens is 209 g/mol. The fourth-order valence-electron chi connectivity index (χ4n) is 1.21. The Morgan fingerprint density at radius 3 is 2.56 bits per heavy atom. The summed E-state index contributed by atoms with van der Waals surface area (Å²) in [6.07, 6.45) is 4.07. The lowest BCUT2D eigenvalue weighted by atomic mass is 9.87. The van der Waals surface area contributed by atoms with Crippen molar-refractivity contribution in [3.63, 3.8) is 0 Å². The molecule has 0 aromatic carbocycles. The van der Waals surface area contributed by atoms with Crippen LogP contribution in [0.25, 0.3) is 5.82 Å². The van der Waals surface area contributed by atoms with E-state index in [2.05, 4.69) is 9.97 Å². The van der Waals surface area contributed by atoms with Gasteiger partial charge in [0.25, 0.3) is 5.56 Å². The maximum absolute atomic E-state index is 11.4. The lowest BCUT2D eigenvalue weighted by molar-refractivity contribution is 0.424. The van der Waals surface area contributed by atoms with Crippen molar-refractivity contribution in [2.75, 3.05) is 0 Å². The molecule has 0 amide bonds. The molecule has 7 heteroatoms. The summed E-state index contributed by atoms with van der Waals surface area (Å²) < 4.78 is 1.31. The van der Waals surface area contributed by atoms with Crippen molar-refractivity contribution in [3.8, 4) is 5.82 Å². The van der Waals surface area contributed by atoms with Crippen LogP contribution < -0.4 is 11.2 Å². The van der Waals surface area contributed by atoms with E-state index in [0.717, 1.165) is 0 Å². The van der Waals surface area contributed by atoms with E-state index in [-0.39, 0.29) is 11.2 Å². The molecular formula is C9H8BN3O3. The minimum atomic E-state index is -1.66. The van der Waals surface area contributed by atoms with E-state index in [1.54, 1.807) is 18.3 Å². The third-order valence-electron chi connectivity index (χ3n) is 1.99. The molecule has 2 heterocycles. The molecule has 2 aromatic rings. The van der Waals surface area contributed by atoms with E-state index in [1.165, 1.54) is 23.0 Å². The van der Waals surface area contributed by atoms with Gasteiger partial charge in [-0.3, -0.25) is 14.3 Å². The second-order valence-corrected chi connectivity index (χ2v) is 3.08. The zero-order chi connectivity index (χ0) is 11.5. The molecule has 2 aromatic heterocycles. The van der Waals surface area contributed by atoms with Crippen LogP contribution in [0.15, 0.2) is 41.6 Å². The van der Waals surface area contributed by atoms with Gasteiger partial charge in [-0.25, -0.2) is 4.98 Å². The SMILES string of the molecule is O=c1ccccn1-c1cnc(B(O)O)cn1. The number of rotatable bonds is 2. The molecule has 80 valence electrons. The van der Waals surface area contributed by atoms with E-state index in [1.807, 2.05) is 0 Å². The highest BCUT2D eigenvalue weighted by Crippen LogP contribution is 1.95. The predicted octanol–water partition coefficient (Wildman–Crippen LogP) is -1.69. The van der Waals surface area contributed by atoms with E-state index in [0.29, 0.717) is 5.82 Å². The molecule has 0 aliphatic carbocycles. The van der Waals surface area contributed by atoms with Gasteiger partial charge in [0.2, 0.25) is 0 Å². The lowest BCUT2D eigenvalue weighted by Gasteiger charge is -2.03. The molecule has 0 spiro atoms. The Bertz CT molecular complexity index is 538. The van der Waals surface area contributed by atoms with Crippen LogP contribution in [0.2, 0.25) is 0 Å². The standard InChI is InChI=1S/C9H8BN3O3/c14-9-3-1-2-4-13(9)8-6-11-7(5-12-8)10(15)16/h1-6,15-16H. The molecule has 6 nitrogen and oxygen atoms in total. The summed E-state index contributed by atoms with van der Waals surface area (Å²) >= 11 is 0. The minimum absolute atomic E-state index is 0.0349. The third kappa shape index (κ3) is 2.00. The third-order valence-corrected chi connectivity index (χ3v) is 1.99. The lowest BCUT2D eigenvalue weighted by Crippen LogP contribution is -2.33. The van der Waals surface area contributed by atoms with E-state index >= 15 is 0 Å². The highest BCUT2D eigenvalue weighted by molar-refractivity contribution is 6.57. The normalized spacial score (nSPS) is 10.1. The highest BCUT2D eigenvalue weighted by atomic mass is 16.4. The topological polar surface area (TPSA) is 88.2 Å². The smallest absolute Gasteiger partial charge is 0.422 e. The molecule has 2 N–H and O–H groups in total. The summed E-state index contributed by atoms with van der Waals surface area (Å²) in [5.41, 5.74) is -0.193. The van der Waals surface area contributed by atoms with Gasteiger partial charge < -0.3 is 10.0 Å². The van der Waals surface area contributed by atoms with Crippen LogP contribution in [0.1, 0.15) is 0 Å². The number of hydrogen-bond donors (Lipinski definition) is 2. The summed E-state index contributed by atoms with van der Waals surface area (Å²) in [6.45, 7) is 0. The maximum Gasteiger partial charge on any atom is 0.509 e. The van der Waals surface area contributed by atoms with Gasteiger partial charge in [0.05, 0.1) is 11.8 Å². The first-order chi connectivity index (χ1) is 7.68. The summed E-state index contributed by atoms with van der Waals surface area (Å²) in [4.78, 5) is 19.1. The van der Waals surface area contributed by atoms with Crippen molar-refractivity contribution in [1.29, 1.82) is 0 Å². The molecule has 0 unspecified atom stereocenters. The number of aromatic nitrogens is 3. The van der Waals surface area contributed by atoms with Crippen molar-refractivity contribution in [3.05, 3.63) is 47.1 Å². The Kier molecular flexibility index (Phi) is 2.80. The van der Waals surface area contributed by atoms with Gasteiger partial charge in [-0.15, -0.1) is 0 Å². The first-order valence-corrected chi connectivity index (χ1v) is 4.54. The van der Waals surface area contributed by atoms with Crippen molar-refractivity contribution < 1.29 is 10.0 Å². The number of nitrogens with zero attached hydrogens (tertiary/aromatic N) is 3.